The number of hydrogen-bond donors (Lipinski definition) is 1. The summed E-state index contributed by atoms with van der Waals surface area (Å²) >= 11 is 0. The summed E-state index contributed by atoms with van der Waals surface area (Å²) in [6.07, 6.45) is 1.74. The summed E-state index contributed by atoms with van der Waals surface area (Å²) in [5, 5.41) is 14.6. The van der Waals surface area contributed by atoms with Crippen molar-refractivity contribution in [3.63, 3.8) is 0 Å². The topological polar surface area (TPSA) is 88.4 Å². The third kappa shape index (κ3) is 5.20. The van der Waals surface area contributed by atoms with Gasteiger partial charge in [-0.2, -0.15) is 4.68 Å². The number of carbonyl (C=O) groups is 1. The average Bonchev–Trinajstić information content (AvgIpc) is 3.24. The van der Waals surface area contributed by atoms with E-state index in [-0.39, 0.29) is 5.91 Å². The number of rotatable bonds is 6. The van der Waals surface area contributed by atoms with Crippen LogP contribution in [-0.2, 0) is 4.79 Å². The molecule has 3 aromatic rings. The Labute approximate surface area is 193 Å². The number of hydrogen-bond acceptors (Lipinski definition) is 7. The zero-order valence-electron chi connectivity index (χ0n) is 19.4. The molecule has 0 spiro atoms. The molecule has 172 valence electrons. The van der Waals surface area contributed by atoms with Crippen LogP contribution >= 0.6 is 0 Å². The molecule has 1 fully saturated rings. The minimum atomic E-state index is -0.306. The molecule has 0 aliphatic carbocycles. The lowest BCUT2D eigenvalue weighted by Gasteiger charge is -2.35. The van der Waals surface area contributed by atoms with E-state index in [2.05, 4.69) is 50.7 Å². The molecule has 2 heterocycles. The lowest BCUT2D eigenvalue weighted by Crippen LogP contribution is -2.44. The zero-order valence-corrected chi connectivity index (χ0v) is 19.4. The number of nitrogens with zero attached hydrogens (tertiary/aromatic N) is 6. The first-order valence-corrected chi connectivity index (χ1v) is 10.9. The number of ether oxygens (including phenoxy) is 1. The highest BCUT2D eigenvalue weighted by Crippen LogP contribution is 2.25. The highest BCUT2D eigenvalue weighted by molar-refractivity contribution is 6.24. The maximum atomic E-state index is 13.3. The summed E-state index contributed by atoms with van der Waals surface area (Å²) in [6, 6.07) is 13.5. The summed E-state index contributed by atoms with van der Waals surface area (Å²) in [4.78, 5) is 18.0. The van der Waals surface area contributed by atoms with Crippen molar-refractivity contribution in [1.29, 1.82) is 0 Å². The molecule has 1 aliphatic rings. The molecule has 1 amide bonds. The van der Waals surface area contributed by atoms with Crippen molar-refractivity contribution in [3.8, 4) is 5.75 Å². The first-order valence-electron chi connectivity index (χ1n) is 10.9. The maximum Gasteiger partial charge on any atom is 0.274 e. The Morgan fingerprint density at radius 1 is 1.09 bits per heavy atom. The van der Waals surface area contributed by atoms with E-state index < -0.39 is 0 Å². The van der Waals surface area contributed by atoms with E-state index in [1.54, 1.807) is 20.1 Å². The second kappa shape index (κ2) is 9.83. The van der Waals surface area contributed by atoms with Gasteiger partial charge in [-0.1, -0.05) is 12.1 Å². The Bertz CT molecular complexity index is 1160. The van der Waals surface area contributed by atoms with Crippen molar-refractivity contribution >= 4 is 29.1 Å². The summed E-state index contributed by atoms with van der Waals surface area (Å²) in [5.74, 6) is 0.910. The number of piperazine rings is 1. The van der Waals surface area contributed by atoms with Gasteiger partial charge in [0.05, 0.1) is 7.11 Å². The van der Waals surface area contributed by atoms with E-state index in [0.29, 0.717) is 17.3 Å². The number of nitrogens with one attached hydrogen (secondary N) is 1. The van der Waals surface area contributed by atoms with E-state index in [4.69, 9.17) is 4.74 Å². The van der Waals surface area contributed by atoms with Gasteiger partial charge < -0.3 is 19.9 Å². The molecule has 0 saturated carbocycles. The SMILES string of the molecule is COc1cccc(/C=C(/C(=O)Nc2ccc(N3CCN(C)CC3)c(C)c2)n2nnnc2C)c1. The number of carbonyl (C=O) groups excluding carboxylic acids is 1. The Balaban J connectivity index is 1.59. The van der Waals surface area contributed by atoms with Gasteiger partial charge in [-0.3, -0.25) is 4.79 Å². The molecule has 2 aromatic carbocycles. The molecule has 1 aromatic heterocycles. The van der Waals surface area contributed by atoms with Crippen molar-refractivity contribution in [2.24, 2.45) is 0 Å². The van der Waals surface area contributed by atoms with Crippen LogP contribution in [0, 0.1) is 13.8 Å². The third-order valence-corrected chi connectivity index (χ3v) is 5.78. The quantitative estimate of drug-likeness (QED) is 0.581. The number of amides is 1. The fourth-order valence-electron chi connectivity index (χ4n) is 3.90. The third-order valence-electron chi connectivity index (χ3n) is 5.78. The largest absolute Gasteiger partial charge is 0.497 e. The van der Waals surface area contributed by atoms with Crippen molar-refractivity contribution in [3.05, 3.63) is 59.4 Å². The molecular weight excluding hydrogens is 418 g/mol. The zero-order chi connectivity index (χ0) is 23.4. The van der Waals surface area contributed by atoms with E-state index in [1.165, 1.54) is 10.4 Å². The lowest BCUT2D eigenvalue weighted by atomic mass is 10.1. The van der Waals surface area contributed by atoms with Crippen LogP contribution in [0.1, 0.15) is 17.0 Å². The van der Waals surface area contributed by atoms with Crippen LogP contribution in [0.15, 0.2) is 42.5 Å². The number of tetrazole rings is 1. The first kappa shape index (κ1) is 22.5. The van der Waals surface area contributed by atoms with Gasteiger partial charge in [0.2, 0.25) is 0 Å². The van der Waals surface area contributed by atoms with Crippen molar-refractivity contribution in [2.45, 2.75) is 13.8 Å². The van der Waals surface area contributed by atoms with Crippen LogP contribution < -0.4 is 15.0 Å². The van der Waals surface area contributed by atoms with Gasteiger partial charge in [0, 0.05) is 37.6 Å². The Hall–Kier alpha value is -3.72. The van der Waals surface area contributed by atoms with Gasteiger partial charge >= 0.3 is 0 Å². The number of methoxy groups -OCH3 is 1. The molecule has 1 N–H and O–H groups in total. The predicted octanol–water partition coefficient (Wildman–Crippen LogP) is 2.69. The molecule has 4 rings (SSSR count). The molecule has 0 atom stereocenters. The predicted molar refractivity (Wildman–Crippen MR) is 129 cm³/mol. The minimum absolute atomic E-state index is 0.306. The highest BCUT2D eigenvalue weighted by atomic mass is 16.5. The molecule has 9 nitrogen and oxygen atoms in total. The fraction of sp³-hybridized carbons (Fsp3) is 0.333. The average molecular weight is 448 g/mol. The number of aromatic nitrogens is 4. The molecule has 0 radical (unpaired) electrons. The Morgan fingerprint density at radius 2 is 1.88 bits per heavy atom. The van der Waals surface area contributed by atoms with Gasteiger partial charge in [0.25, 0.3) is 5.91 Å². The first-order chi connectivity index (χ1) is 15.9. The van der Waals surface area contributed by atoms with Gasteiger partial charge in [-0.05, 0) is 78.9 Å². The normalized spacial score (nSPS) is 14.9. The van der Waals surface area contributed by atoms with Crippen LogP contribution in [0.2, 0.25) is 0 Å². The number of anilines is 2. The standard InChI is InChI=1S/C24H29N7O2/c1-17-14-20(8-9-22(17)30-12-10-29(3)11-13-30)25-24(32)23(31-18(2)26-27-28-31)16-19-6-5-7-21(15-19)33-4/h5-9,14-16H,10-13H2,1-4H3,(H,25,32)/b23-16-. The smallest absolute Gasteiger partial charge is 0.274 e. The van der Waals surface area contributed by atoms with Crippen molar-refractivity contribution < 1.29 is 9.53 Å². The van der Waals surface area contributed by atoms with Crippen LogP contribution in [0.25, 0.3) is 11.8 Å². The fourth-order valence-corrected chi connectivity index (χ4v) is 3.90. The van der Waals surface area contributed by atoms with Gasteiger partial charge in [0.15, 0.2) is 5.82 Å². The highest BCUT2D eigenvalue weighted by Gasteiger charge is 2.19. The summed E-state index contributed by atoms with van der Waals surface area (Å²) < 4.78 is 6.73. The van der Waals surface area contributed by atoms with E-state index in [0.717, 1.165) is 43.0 Å². The van der Waals surface area contributed by atoms with Crippen LogP contribution in [0.5, 0.6) is 5.75 Å². The minimum Gasteiger partial charge on any atom is -0.497 e. The molecule has 1 aliphatic heterocycles. The molecule has 9 heteroatoms. The Kier molecular flexibility index (Phi) is 6.69. The van der Waals surface area contributed by atoms with E-state index >= 15 is 0 Å². The summed E-state index contributed by atoms with van der Waals surface area (Å²) in [6.45, 7) is 7.90. The number of likely N-dealkylation sites (N-methyl/N-ethyl adjacent to an activating group) is 1. The molecule has 0 unspecified atom stereocenters. The van der Waals surface area contributed by atoms with Crippen LogP contribution in [0.4, 0.5) is 11.4 Å². The maximum absolute atomic E-state index is 13.3. The molecule has 1 saturated heterocycles. The van der Waals surface area contributed by atoms with Crippen molar-refractivity contribution in [1.82, 2.24) is 25.1 Å². The van der Waals surface area contributed by atoms with Gasteiger partial charge in [-0.15, -0.1) is 5.10 Å². The monoisotopic (exact) mass is 447 g/mol. The lowest BCUT2D eigenvalue weighted by molar-refractivity contribution is -0.111. The number of benzene rings is 2. The van der Waals surface area contributed by atoms with E-state index in [9.17, 15) is 4.79 Å². The van der Waals surface area contributed by atoms with Gasteiger partial charge in [0.1, 0.15) is 11.4 Å². The molecular formula is C24H29N7O2. The number of aryl methyl sites for hydroxylation is 2. The molecule has 0 bridgehead atoms. The summed E-state index contributed by atoms with van der Waals surface area (Å²) in [7, 11) is 3.75. The van der Waals surface area contributed by atoms with E-state index in [1.807, 2.05) is 36.4 Å². The Morgan fingerprint density at radius 3 is 2.55 bits per heavy atom. The van der Waals surface area contributed by atoms with Crippen molar-refractivity contribution in [2.75, 3.05) is 50.6 Å². The van der Waals surface area contributed by atoms with Crippen LogP contribution in [-0.4, -0.2) is 71.4 Å². The molecule has 33 heavy (non-hydrogen) atoms. The van der Waals surface area contributed by atoms with Crippen LogP contribution in [0.3, 0.4) is 0 Å². The van der Waals surface area contributed by atoms with Gasteiger partial charge in [-0.25, -0.2) is 0 Å². The second-order valence-corrected chi connectivity index (χ2v) is 8.19. The second-order valence-electron chi connectivity index (χ2n) is 8.19. The summed E-state index contributed by atoms with van der Waals surface area (Å²) in [5.41, 5.74) is 4.15.